The van der Waals surface area contributed by atoms with Crippen molar-refractivity contribution in [3.05, 3.63) is 70.8 Å². The van der Waals surface area contributed by atoms with E-state index in [1.807, 2.05) is 12.1 Å². The zero-order valence-electron chi connectivity index (χ0n) is 14.8. The van der Waals surface area contributed by atoms with Crippen molar-refractivity contribution in [3.8, 4) is 0 Å². The second-order valence-corrected chi connectivity index (χ2v) is 6.74. The van der Waals surface area contributed by atoms with Crippen LogP contribution in [0.4, 0.5) is 5.69 Å². The van der Waals surface area contributed by atoms with Crippen molar-refractivity contribution in [3.63, 3.8) is 0 Å². The maximum absolute atomic E-state index is 12.3. The molecule has 3 rings (SSSR count). The minimum Gasteiger partial charge on any atom is -0.376 e. The summed E-state index contributed by atoms with van der Waals surface area (Å²) < 4.78 is 5.50. The molecular weight excluding hydrogens is 364 g/mol. The Morgan fingerprint density at radius 2 is 2.00 bits per heavy atom. The van der Waals surface area contributed by atoms with Crippen molar-refractivity contribution in [1.82, 2.24) is 5.32 Å². The van der Waals surface area contributed by atoms with E-state index in [0.717, 1.165) is 25.0 Å². The smallest absolute Gasteiger partial charge is 0.251 e. The number of halogens is 1. The van der Waals surface area contributed by atoms with Crippen LogP contribution in [-0.4, -0.2) is 31.1 Å². The van der Waals surface area contributed by atoms with Crippen LogP contribution >= 0.6 is 11.6 Å². The van der Waals surface area contributed by atoms with Gasteiger partial charge in [-0.15, -0.1) is 0 Å². The van der Waals surface area contributed by atoms with E-state index in [4.69, 9.17) is 16.3 Å². The van der Waals surface area contributed by atoms with E-state index in [0.29, 0.717) is 22.8 Å². The molecular formula is C21H21ClN2O3. The van der Waals surface area contributed by atoms with Gasteiger partial charge in [-0.25, -0.2) is 0 Å². The molecule has 1 heterocycles. The van der Waals surface area contributed by atoms with Crippen LogP contribution in [0.25, 0.3) is 6.08 Å². The van der Waals surface area contributed by atoms with E-state index in [9.17, 15) is 9.59 Å². The van der Waals surface area contributed by atoms with Gasteiger partial charge in [-0.2, -0.15) is 0 Å². The highest BCUT2D eigenvalue weighted by Crippen LogP contribution is 2.14. The van der Waals surface area contributed by atoms with Gasteiger partial charge in [-0.05, 0) is 54.8 Å². The third-order valence-corrected chi connectivity index (χ3v) is 4.46. The van der Waals surface area contributed by atoms with E-state index < -0.39 is 0 Å². The van der Waals surface area contributed by atoms with Crippen molar-refractivity contribution in [2.75, 3.05) is 18.5 Å². The molecule has 1 aliphatic heterocycles. The first-order valence-electron chi connectivity index (χ1n) is 8.85. The third-order valence-electron chi connectivity index (χ3n) is 4.20. The van der Waals surface area contributed by atoms with Gasteiger partial charge in [-0.1, -0.05) is 29.8 Å². The van der Waals surface area contributed by atoms with Crippen molar-refractivity contribution < 1.29 is 14.3 Å². The fourth-order valence-electron chi connectivity index (χ4n) is 2.78. The number of hydrogen-bond acceptors (Lipinski definition) is 3. The molecule has 6 heteroatoms. The highest BCUT2D eigenvalue weighted by Gasteiger charge is 2.16. The van der Waals surface area contributed by atoms with Gasteiger partial charge in [0.25, 0.3) is 5.91 Å². The lowest BCUT2D eigenvalue weighted by atomic mass is 10.1. The predicted molar refractivity (Wildman–Crippen MR) is 107 cm³/mol. The topological polar surface area (TPSA) is 67.4 Å². The normalized spacial score (nSPS) is 16.4. The molecule has 27 heavy (non-hydrogen) atoms. The van der Waals surface area contributed by atoms with Gasteiger partial charge in [0.15, 0.2) is 0 Å². The van der Waals surface area contributed by atoms with Gasteiger partial charge in [0.2, 0.25) is 5.91 Å². The second kappa shape index (κ2) is 9.35. The standard InChI is InChI=1S/C21H21ClN2O3/c22-17-9-6-15(7-10-17)8-11-20(25)24-18-4-1-3-16(13-18)21(26)23-14-19-5-2-12-27-19/h1,3-4,6-11,13,19H,2,5,12,14H2,(H,23,26)(H,24,25)/b11-8+. The Labute approximate surface area is 163 Å². The molecule has 2 amide bonds. The first kappa shape index (κ1) is 19.1. The zero-order chi connectivity index (χ0) is 19.1. The van der Waals surface area contributed by atoms with E-state index in [-0.39, 0.29) is 17.9 Å². The zero-order valence-corrected chi connectivity index (χ0v) is 15.5. The molecule has 0 aromatic heterocycles. The van der Waals surface area contributed by atoms with Crippen molar-refractivity contribution in [1.29, 1.82) is 0 Å². The number of carbonyl (C=O) groups is 2. The molecule has 140 valence electrons. The molecule has 0 bridgehead atoms. The average Bonchev–Trinajstić information content (AvgIpc) is 3.19. The van der Waals surface area contributed by atoms with Crippen LogP contribution in [0, 0.1) is 0 Å². The van der Waals surface area contributed by atoms with Gasteiger partial charge >= 0.3 is 0 Å². The number of nitrogens with one attached hydrogen (secondary N) is 2. The monoisotopic (exact) mass is 384 g/mol. The largest absolute Gasteiger partial charge is 0.376 e. The first-order chi connectivity index (χ1) is 13.1. The molecule has 5 nitrogen and oxygen atoms in total. The highest BCUT2D eigenvalue weighted by atomic mass is 35.5. The van der Waals surface area contributed by atoms with E-state index in [1.165, 1.54) is 6.08 Å². The van der Waals surface area contributed by atoms with Gasteiger partial charge in [0.1, 0.15) is 0 Å². The fraction of sp³-hybridized carbons (Fsp3) is 0.238. The summed E-state index contributed by atoms with van der Waals surface area (Å²) in [6, 6.07) is 14.0. The Morgan fingerprint density at radius 3 is 2.74 bits per heavy atom. The van der Waals surface area contributed by atoms with E-state index >= 15 is 0 Å². The second-order valence-electron chi connectivity index (χ2n) is 6.30. The minimum absolute atomic E-state index is 0.0924. The molecule has 1 unspecified atom stereocenters. The summed E-state index contributed by atoms with van der Waals surface area (Å²) >= 11 is 5.84. The van der Waals surface area contributed by atoms with Gasteiger partial charge < -0.3 is 15.4 Å². The molecule has 0 radical (unpaired) electrons. The van der Waals surface area contributed by atoms with Crippen LogP contribution in [0.2, 0.25) is 5.02 Å². The summed E-state index contributed by atoms with van der Waals surface area (Å²) in [7, 11) is 0. The molecule has 1 atom stereocenters. The molecule has 1 aliphatic rings. The van der Waals surface area contributed by atoms with E-state index in [2.05, 4.69) is 10.6 Å². The SMILES string of the molecule is O=C(/C=C/c1ccc(Cl)cc1)Nc1cccc(C(=O)NCC2CCCO2)c1. The number of benzene rings is 2. The first-order valence-corrected chi connectivity index (χ1v) is 9.22. The number of carbonyl (C=O) groups excluding carboxylic acids is 2. The number of ether oxygens (including phenoxy) is 1. The van der Waals surface area contributed by atoms with Crippen LogP contribution in [0.5, 0.6) is 0 Å². The maximum Gasteiger partial charge on any atom is 0.251 e. The quantitative estimate of drug-likeness (QED) is 0.742. The summed E-state index contributed by atoms with van der Waals surface area (Å²) in [5.41, 5.74) is 1.93. The summed E-state index contributed by atoms with van der Waals surface area (Å²) in [5, 5.41) is 6.28. The Bertz CT molecular complexity index is 828. The van der Waals surface area contributed by atoms with Crippen LogP contribution in [0.1, 0.15) is 28.8 Å². The molecule has 2 aromatic rings. The van der Waals surface area contributed by atoms with Crippen LogP contribution in [0.3, 0.4) is 0 Å². The Kier molecular flexibility index (Phi) is 6.63. The van der Waals surface area contributed by atoms with Gasteiger partial charge in [0, 0.05) is 35.5 Å². The number of anilines is 1. The van der Waals surface area contributed by atoms with Crippen molar-refractivity contribution >= 4 is 35.2 Å². The fourth-order valence-corrected chi connectivity index (χ4v) is 2.91. The molecule has 0 saturated carbocycles. The minimum atomic E-state index is -0.276. The molecule has 0 spiro atoms. The van der Waals surface area contributed by atoms with Crippen LogP contribution in [0.15, 0.2) is 54.6 Å². The highest BCUT2D eigenvalue weighted by molar-refractivity contribution is 6.30. The Hall–Kier alpha value is -2.63. The molecule has 2 N–H and O–H groups in total. The third kappa shape index (κ3) is 5.94. The van der Waals surface area contributed by atoms with Crippen molar-refractivity contribution in [2.24, 2.45) is 0 Å². The lowest BCUT2D eigenvalue weighted by Crippen LogP contribution is -2.31. The summed E-state index contributed by atoms with van der Waals surface area (Å²) in [5.74, 6) is -0.458. The number of hydrogen-bond donors (Lipinski definition) is 2. The Balaban J connectivity index is 1.55. The summed E-state index contributed by atoms with van der Waals surface area (Å²) in [6.45, 7) is 1.25. The summed E-state index contributed by atoms with van der Waals surface area (Å²) in [6.07, 6.45) is 5.23. The Morgan fingerprint density at radius 1 is 1.19 bits per heavy atom. The average molecular weight is 385 g/mol. The molecule has 0 aliphatic carbocycles. The molecule has 1 saturated heterocycles. The van der Waals surface area contributed by atoms with Crippen LogP contribution < -0.4 is 10.6 Å². The van der Waals surface area contributed by atoms with Crippen molar-refractivity contribution in [2.45, 2.75) is 18.9 Å². The van der Waals surface area contributed by atoms with E-state index in [1.54, 1.807) is 42.5 Å². The summed E-state index contributed by atoms with van der Waals surface area (Å²) in [4.78, 5) is 24.4. The number of rotatable bonds is 6. The van der Waals surface area contributed by atoms with Crippen LogP contribution in [-0.2, 0) is 9.53 Å². The lowest BCUT2D eigenvalue weighted by molar-refractivity contribution is -0.111. The number of amides is 2. The van der Waals surface area contributed by atoms with Gasteiger partial charge in [-0.3, -0.25) is 9.59 Å². The molecule has 2 aromatic carbocycles. The lowest BCUT2D eigenvalue weighted by Gasteiger charge is -2.11. The predicted octanol–water partition coefficient (Wildman–Crippen LogP) is 3.90. The molecule has 1 fully saturated rings. The van der Waals surface area contributed by atoms with Gasteiger partial charge in [0.05, 0.1) is 6.10 Å². The maximum atomic E-state index is 12.3.